The van der Waals surface area contributed by atoms with Crippen LogP contribution in [-0.4, -0.2) is 44.2 Å². The van der Waals surface area contributed by atoms with Crippen LogP contribution in [0.4, 0.5) is 5.69 Å². The molecular weight excluding hydrogens is 282 g/mol. The molecule has 1 aromatic carbocycles. The van der Waals surface area contributed by atoms with E-state index in [4.69, 9.17) is 11.6 Å². The summed E-state index contributed by atoms with van der Waals surface area (Å²) in [5.41, 5.74) is 2.60. The lowest BCUT2D eigenvalue weighted by molar-refractivity contribution is 0.252. The van der Waals surface area contributed by atoms with E-state index in [0.717, 1.165) is 11.6 Å². The Morgan fingerprint density at radius 1 is 1.33 bits per heavy atom. The monoisotopic (exact) mass is 309 g/mol. The summed E-state index contributed by atoms with van der Waals surface area (Å²) in [4.78, 5) is 4.86. The number of anilines is 1. The van der Waals surface area contributed by atoms with Gasteiger partial charge in [-0.2, -0.15) is 0 Å². The second-order valence-electron chi connectivity index (χ2n) is 6.45. The molecule has 0 spiro atoms. The molecule has 1 saturated heterocycles. The van der Waals surface area contributed by atoms with E-state index < -0.39 is 0 Å². The fraction of sp³-hybridized carbons (Fsp3) is 0.647. The number of likely N-dealkylation sites (tertiary alicyclic amines) is 1. The molecule has 0 radical (unpaired) electrons. The highest BCUT2D eigenvalue weighted by Gasteiger charge is 2.22. The second kappa shape index (κ2) is 7.48. The zero-order valence-electron chi connectivity index (χ0n) is 13.7. The number of piperidine rings is 1. The van der Waals surface area contributed by atoms with Gasteiger partial charge in [0.25, 0.3) is 0 Å². The molecule has 0 aliphatic carbocycles. The minimum absolute atomic E-state index is 0.477. The van der Waals surface area contributed by atoms with Crippen LogP contribution in [0.3, 0.4) is 0 Å². The molecule has 1 aliphatic heterocycles. The maximum absolute atomic E-state index is 6.19. The van der Waals surface area contributed by atoms with Crippen LogP contribution in [0.15, 0.2) is 18.2 Å². The van der Waals surface area contributed by atoms with Gasteiger partial charge in [0.05, 0.1) is 0 Å². The molecule has 1 aliphatic rings. The minimum atomic E-state index is 0.477. The molecule has 1 fully saturated rings. The standard InChI is InChI=1S/C17H28ClN3/c1-13(2)19-12-14-11-15(18)5-6-17(14)21(4)16-7-9-20(3)10-8-16/h5-6,11,13,16,19H,7-10,12H2,1-4H3. The van der Waals surface area contributed by atoms with Crippen molar-refractivity contribution in [2.24, 2.45) is 0 Å². The fourth-order valence-electron chi connectivity index (χ4n) is 2.93. The molecule has 1 aromatic rings. The third kappa shape index (κ3) is 4.60. The van der Waals surface area contributed by atoms with Crippen LogP contribution in [0.5, 0.6) is 0 Å². The molecule has 0 saturated carbocycles. The van der Waals surface area contributed by atoms with Crippen LogP contribution in [0.25, 0.3) is 0 Å². The lowest BCUT2D eigenvalue weighted by Crippen LogP contribution is -2.42. The lowest BCUT2D eigenvalue weighted by atomic mass is 10.0. The van der Waals surface area contributed by atoms with Gasteiger partial charge in [-0.15, -0.1) is 0 Å². The molecule has 1 heterocycles. The molecule has 0 unspecified atom stereocenters. The van der Waals surface area contributed by atoms with Gasteiger partial charge in [-0.25, -0.2) is 0 Å². The van der Waals surface area contributed by atoms with Gasteiger partial charge >= 0.3 is 0 Å². The van der Waals surface area contributed by atoms with Gasteiger partial charge < -0.3 is 15.1 Å². The normalized spacial score (nSPS) is 17.4. The quantitative estimate of drug-likeness (QED) is 0.899. The van der Waals surface area contributed by atoms with Crippen molar-refractivity contribution in [3.05, 3.63) is 28.8 Å². The lowest BCUT2D eigenvalue weighted by Gasteiger charge is -2.37. The largest absolute Gasteiger partial charge is 0.371 e. The van der Waals surface area contributed by atoms with Crippen molar-refractivity contribution >= 4 is 17.3 Å². The van der Waals surface area contributed by atoms with E-state index >= 15 is 0 Å². The third-order valence-electron chi connectivity index (χ3n) is 4.36. The first kappa shape index (κ1) is 16.6. The maximum Gasteiger partial charge on any atom is 0.0412 e. The zero-order chi connectivity index (χ0) is 15.4. The predicted octanol–water partition coefficient (Wildman–Crippen LogP) is 3.37. The molecule has 1 N–H and O–H groups in total. The summed E-state index contributed by atoms with van der Waals surface area (Å²) in [5, 5.41) is 4.32. The van der Waals surface area contributed by atoms with Gasteiger partial charge in [-0.3, -0.25) is 0 Å². The predicted molar refractivity (Wildman–Crippen MR) is 92.3 cm³/mol. The van der Waals surface area contributed by atoms with Crippen LogP contribution in [0.1, 0.15) is 32.3 Å². The molecule has 2 rings (SSSR count). The molecule has 3 nitrogen and oxygen atoms in total. The van der Waals surface area contributed by atoms with E-state index in [9.17, 15) is 0 Å². The number of hydrogen-bond donors (Lipinski definition) is 1. The number of benzene rings is 1. The minimum Gasteiger partial charge on any atom is -0.371 e. The van der Waals surface area contributed by atoms with Crippen LogP contribution >= 0.6 is 11.6 Å². The average molecular weight is 310 g/mol. The molecule has 118 valence electrons. The maximum atomic E-state index is 6.19. The van der Waals surface area contributed by atoms with Crippen molar-refractivity contribution in [1.82, 2.24) is 10.2 Å². The van der Waals surface area contributed by atoms with Crippen LogP contribution < -0.4 is 10.2 Å². The highest BCUT2D eigenvalue weighted by atomic mass is 35.5. The number of nitrogens with one attached hydrogen (secondary N) is 1. The van der Waals surface area contributed by atoms with E-state index in [0.29, 0.717) is 12.1 Å². The average Bonchev–Trinajstić information content (AvgIpc) is 2.45. The molecule has 21 heavy (non-hydrogen) atoms. The van der Waals surface area contributed by atoms with Crippen molar-refractivity contribution in [2.45, 2.75) is 45.3 Å². The Balaban J connectivity index is 2.13. The first-order chi connectivity index (χ1) is 9.97. The first-order valence-electron chi connectivity index (χ1n) is 7.90. The molecule has 4 heteroatoms. The summed E-state index contributed by atoms with van der Waals surface area (Å²) < 4.78 is 0. The number of rotatable bonds is 5. The van der Waals surface area contributed by atoms with Gasteiger partial charge in [0.1, 0.15) is 0 Å². The van der Waals surface area contributed by atoms with Crippen molar-refractivity contribution in [1.29, 1.82) is 0 Å². The van der Waals surface area contributed by atoms with E-state index in [2.05, 4.69) is 55.2 Å². The summed E-state index contributed by atoms with van der Waals surface area (Å²) in [6, 6.07) is 7.36. The SMILES string of the molecule is CC(C)NCc1cc(Cl)ccc1N(C)C1CCN(C)CC1. The Bertz CT molecular complexity index is 453. The summed E-state index contributed by atoms with van der Waals surface area (Å²) in [7, 11) is 4.43. The summed E-state index contributed by atoms with van der Waals surface area (Å²) in [6.45, 7) is 7.57. The van der Waals surface area contributed by atoms with Gasteiger partial charge in [-0.05, 0) is 56.7 Å². The molecular formula is C17H28ClN3. The summed E-state index contributed by atoms with van der Waals surface area (Å²) in [6.07, 6.45) is 2.46. The second-order valence-corrected chi connectivity index (χ2v) is 6.89. The Morgan fingerprint density at radius 2 is 2.00 bits per heavy atom. The number of halogens is 1. The van der Waals surface area contributed by atoms with Gasteiger partial charge in [0.2, 0.25) is 0 Å². The molecule has 0 bridgehead atoms. The van der Waals surface area contributed by atoms with Crippen molar-refractivity contribution < 1.29 is 0 Å². The van der Waals surface area contributed by atoms with E-state index in [1.807, 2.05) is 6.07 Å². The highest BCUT2D eigenvalue weighted by Crippen LogP contribution is 2.28. The fourth-order valence-corrected chi connectivity index (χ4v) is 3.13. The Hall–Kier alpha value is -0.770. The van der Waals surface area contributed by atoms with Gasteiger partial charge in [0.15, 0.2) is 0 Å². The number of hydrogen-bond acceptors (Lipinski definition) is 3. The van der Waals surface area contributed by atoms with Crippen LogP contribution in [0, 0.1) is 0 Å². The van der Waals surface area contributed by atoms with E-state index in [1.165, 1.54) is 37.2 Å². The third-order valence-corrected chi connectivity index (χ3v) is 4.59. The Labute approximate surface area is 134 Å². The van der Waals surface area contributed by atoms with Crippen molar-refractivity contribution in [3.8, 4) is 0 Å². The summed E-state index contributed by atoms with van der Waals surface area (Å²) >= 11 is 6.19. The molecule has 0 amide bonds. The van der Waals surface area contributed by atoms with Gasteiger partial charge in [0, 0.05) is 36.4 Å². The molecule has 0 atom stereocenters. The van der Waals surface area contributed by atoms with Crippen molar-refractivity contribution in [3.63, 3.8) is 0 Å². The zero-order valence-corrected chi connectivity index (χ0v) is 14.5. The Kier molecular flexibility index (Phi) is 5.91. The molecule has 0 aromatic heterocycles. The van der Waals surface area contributed by atoms with E-state index in [1.54, 1.807) is 0 Å². The number of nitrogens with zero attached hydrogens (tertiary/aromatic N) is 2. The van der Waals surface area contributed by atoms with E-state index in [-0.39, 0.29) is 0 Å². The highest BCUT2D eigenvalue weighted by molar-refractivity contribution is 6.30. The van der Waals surface area contributed by atoms with Crippen LogP contribution in [-0.2, 0) is 6.54 Å². The first-order valence-corrected chi connectivity index (χ1v) is 8.28. The van der Waals surface area contributed by atoms with Crippen molar-refractivity contribution in [2.75, 3.05) is 32.1 Å². The van der Waals surface area contributed by atoms with Gasteiger partial charge in [-0.1, -0.05) is 25.4 Å². The van der Waals surface area contributed by atoms with Crippen LogP contribution in [0.2, 0.25) is 5.02 Å². The Morgan fingerprint density at radius 3 is 2.62 bits per heavy atom. The topological polar surface area (TPSA) is 18.5 Å². The smallest absolute Gasteiger partial charge is 0.0412 e. The summed E-state index contributed by atoms with van der Waals surface area (Å²) in [5.74, 6) is 0.